The molecule has 1 aliphatic carbocycles. The molecule has 0 bridgehead atoms. The summed E-state index contributed by atoms with van der Waals surface area (Å²) in [7, 11) is 0. The predicted molar refractivity (Wildman–Crippen MR) is 79.8 cm³/mol. The first-order valence-electron chi connectivity index (χ1n) is 7.30. The lowest BCUT2D eigenvalue weighted by atomic mass is 9.89. The van der Waals surface area contributed by atoms with Crippen LogP contribution in [0.15, 0.2) is 24.4 Å². The molecule has 0 spiro atoms. The summed E-state index contributed by atoms with van der Waals surface area (Å²) in [6.07, 6.45) is 10.2. The highest BCUT2D eigenvalue weighted by atomic mass is 16.4. The van der Waals surface area contributed by atoms with Crippen molar-refractivity contribution in [3.63, 3.8) is 0 Å². The van der Waals surface area contributed by atoms with Crippen molar-refractivity contribution >= 4 is 18.0 Å². The molecule has 1 amide bonds. The van der Waals surface area contributed by atoms with Gasteiger partial charge in [0.25, 0.3) is 5.91 Å². The maximum absolute atomic E-state index is 12.0. The van der Waals surface area contributed by atoms with Crippen molar-refractivity contribution in [1.29, 1.82) is 0 Å². The third kappa shape index (κ3) is 5.02. The number of hydrogen-bond acceptors (Lipinski definition) is 3. The molecule has 1 aromatic heterocycles. The monoisotopic (exact) mass is 288 g/mol. The zero-order valence-corrected chi connectivity index (χ0v) is 11.9. The Morgan fingerprint density at radius 2 is 2.05 bits per heavy atom. The van der Waals surface area contributed by atoms with E-state index >= 15 is 0 Å². The van der Waals surface area contributed by atoms with E-state index in [9.17, 15) is 9.59 Å². The van der Waals surface area contributed by atoms with Crippen LogP contribution >= 0.6 is 0 Å². The lowest BCUT2D eigenvalue weighted by Crippen LogP contribution is -2.30. The van der Waals surface area contributed by atoms with Crippen molar-refractivity contribution in [2.75, 3.05) is 6.54 Å². The molecule has 1 heterocycles. The molecule has 0 aromatic carbocycles. The molecule has 5 heteroatoms. The highest BCUT2D eigenvalue weighted by Crippen LogP contribution is 2.22. The number of pyridine rings is 1. The summed E-state index contributed by atoms with van der Waals surface area (Å²) in [4.78, 5) is 26.5. The molecule has 0 radical (unpaired) electrons. The van der Waals surface area contributed by atoms with Crippen molar-refractivity contribution in [2.45, 2.75) is 32.1 Å². The molecular formula is C16H20N2O3. The Labute approximate surface area is 124 Å². The van der Waals surface area contributed by atoms with Crippen molar-refractivity contribution in [2.24, 2.45) is 5.92 Å². The van der Waals surface area contributed by atoms with Gasteiger partial charge in [-0.05, 0) is 36.5 Å². The van der Waals surface area contributed by atoms with Gasteiger partial charge >= 0.3 is 5.97 Å². The van der Waals surface area contributed by atoms with Crippen molar-refractivity contribution in [3.8, 4) is 0 Å². The van der Waals surface area contributed by atoms with Gasteiger partial charge in [-0.2, -0.15) is 0 Å². The molecule has 1 saturated carbocycles. The summed E-state index contributed by atoms with van der Waals surface area (Å²) in [5, 5.41) is 11.5. The first-order chi connectivity index (χ1) is 10.1. The minimum Gasteiger partial charge on any atom is -0.478 e. The van der Waals surface area contributed by atoms with Crippen LogP contribution in [0.5, 0.6) is 0 Å². The van der Waals surface area contributed by atoms with Crippen LogP contribution in [0, 0.1) is 5.92 Å². The van der Waals surface area contributed by atoms with Gasteiger partial charge in [-0.3, -0.25) is 9.78 Å². The van der Waals surface area contributed by atoms with Gasteiger partial charge in [0.2, 0.25) is 0 Å². The maximum atomic E-state index is 12.0. The second-order valence-corrected chi connectivity index (χ2v) is 5.36. The molecule has 5 nitrogen and oxygen atoms in total. The van der Waals surface area contributed by atoms with Gasteiger partial charge in [0.1, 0.15) is 5.69 Å². The fourth-order valence-corrected chi connectivity index (χ4v) is 2.52. The molecule has 0 unspecified atom stereocenters. The normalized spacial score (nSPS) is 16.0. The number of hydrogen-bond donors (Lipinski definition) is 2. The summed E-state index contributed by atoms with van der Waals surface area (Å²) < 4.78 is 0. The molecule has 2 N–H and O–H groups in total. The summed E-state index contributed by atoms with van der Waals surface area (Å²) in [6, 6.07) is 3.29. The summed E-state index contributed by atoms with van der Waals surface area (Å²) in [6.45, 7) is 0.710. The van der Waals surface area contributed by atoms with E-state index in [1.807, 2.05) is 0 Å². The smallest absolute Gasteiger partial charge is 0.328 e. The van der Waals surface area contributed by atoms with Gasteiger partial charge in [-0.1, -0.05) is 25.3 Å². The Bertz CT molecular complexity index is 517. The van der Waals surface area contributed by atoms with E-state index in [1.165, 1.54) is 44.4 Å². The molecular weight excluding hydrogens is 268 g/mol. The van der Waals surface area contributed by atoms with Crippen molar-refractivity contribution in [1.82, 2.24) is 10.3 Å². The maximum Gasteiger partial charge on any atom is 0.328 e. The fraction of sp³-hybridized carbons (Fsp3) is 0.438. The third-order valence-corrected chi connectivity index (χ3v) is 3.71. The predicted octanol–water partition coefficient (Wildman–Crippen LogP) is 2.49. The summed E-state index contributed by atoms with van der Waals surface area (Å²) in [5.74, 6) is -0.598. The number of amides is 1. The lowest BCUT2D eigenvalue weighted by Gasteiger charge is -2.21. The third-order valence-electron chi connectivity index (χ3n) is 3.71. The van der Waals surface area contributed by atoms with E-state index in [2.05, 4.69) is 10.3 Å². The van der Waals surface area contributed by atoms with Crippen LogP contribution in [0.25, 0.3) is 6.08 Å². The van der Waals surface area contributed by atoms with Gasteiger partial charge in [0.15, 0.2) is 0 Å². The molecule has 1 aromatic rings. The Kier molecular flexibility index (Phi) is 5.49. The second kappa shape index (κ2) is 7.57. The van der Waals surface area contributed by atoms with Gasteiger partial charge in [0.05, 0.1) is 0 Å². The van der Waals surface area contributed by atoms with Crippen LogP contribution in [-0.4, -0.2) is 28.5 Å². The Balaban J connectivity index is 1.85. The molecule has 0 atom stereocenters. The first kappa shape index (κ1) is 15.2. The number of aliphatic carboxylic acids is 1. The highest BCUT2D eigenvalue weighted by molar-refractivity contribution is 5.92. The Morgan fingerprint density at radius 3 is 2.67 bits per heavy atom. The zero-order chi connectivity index (χ0) is 15.1. The Morgan fingerprint density at radius 1 is 1.29 bits per heavy atom. The van der Waals surface area contributed by atoms with Gasteiger partial charge in [-0.25, -0.2) is 4.79 Å². The molecule has 112 valence electrons. The minimum absolute atomic E-state index is 0.172. The molecule has 2 rings (SSSR count). The number of carboxylic acids is 1. The van der Waals surface area contributed by atoms with Crippen LogP contribution in [0.2, 0.25) is 0 Å². The number of rotatable bonds is 5. The number of aromatic nitrogens is 1. The van der Waals surface area contributed by atoms with Crippen LogP contribution in [0.3, 0.4) is 0 Å². The molecule has 1 aliphatic rings. The van der Waals surface area contributed by atoms with Crippen molar-refractivity contribution in [3.05, 3.63) is 35.7 Å². The lowest BCUT2D eigenvalue weighted by molar-refractivity contribution is -0.131. The van der Waals surface area contributed by atoms with Gasteiger partial charge in [0, 0.05) is 18.8 Å². The van der Waals surface area contributed by atoms with E-state index in [0.29, 0.717) is 23.7 Å². The molecule has 1 fully saturated rings. The topological polar surface area (TPSA) is 79.3 Å². The van der Waals surface area contributed by atoms with E-state index in [4.69, 9.17) is 5.11 Å². The second-order valence-electron chi connectivity index (χ2n) is 5.36. The number of carbonyl (C=O) groups is 2. The summed E-state index contributed by atoms with van der Waals surface area (Å²) in [5.41, 5.74) is 1.01. The first-order valence-corrected chi connectivity index (χ1v) is 7.30. The van der Waals surface area contributed by atoms with Crippen molar-refractivity contribution < 1.29 is 14.7 Å². The standard InChI is InChI=1S/C16H20N2O3/c19-15(20)9-7-13-6-8-14(17-10-13)16(21)18-11-12-4-2-1-3-5-12/h6-10,12H,1-5,11H2,(H,18,21)(H,19,20). The van der Waals surface area contributed by atoms with Gasteiger partial charge in [-0.15, -0.1) is 0 Å². The minimum atomic E-state index is -1.01. The van der Waals surface area contributed by atoms with E-state index < -0.39 is 5.97 Å². The molecule has 0 aliphatic heterocycles. The number of carboxylic acid groups (broad SMARTS) is 1. The van der Waals surface area contributed by atoms with E-state index in [0.717, 1.165) is 6.08 Å². The number of nitrogens with one attached hydrogen (secondary N) is 1. The fourth-order valence-electron chi connectivity index (χ4n) is 2.52. The van der Waals surface area contributed by atoms with Gasteiger partial charge < -0.3 is 10.4 Å². The largest absolute Gasteiger partial charge is 0.478 e. The van der Waals surface area contributed by atoms with Crippen LogP contribution in [-0.2, 0) is 4.79 Å². The number of carbonyl (C=O) groups excluding carboxylic acids is 1. The van der Waals surface area contributed by atoms with E-state index in [1.54, 1.807) is 12.1 Å². The average Bonchev–Trinajstić information content (AvgIpc) is 2.52. The SMILES string of the molecule is O=C(O)C=Cc1ccc(C(=O)NCC2CCCCC2)nc1. The highest BCUT2D eigenvalue weighted by Gasteiger charge is 2.15. The van der Waals surface area contributed by atoms with E-state index in [-0.39, 0.29) is 5.91 Å². The number of nitrogens with zero attached hydrogens (tertiary/aromatic N) is 1. The average molecular weight is 288 g/mol. The van der Waals surface area contributed by atoms with Crippen LogP contribution < -0.4 is 5.32 Å². The molecule has 0 saturated heterocycles. The quantitative estimate of drug-likeness (QED) is 0.816. The molecule has 21 heavy (non-hydrogen) atoms. The van der Waals surface area contributed by atoms with Crippen LogP contribution in [0.1, 0.15) is 48.2 Å². The Hall–Kier alpha value is -2.17. The van der Waals surface area contributed by atoms with Crippen LogP contribution in [0.4, 0.5) is 0 Å². The zero-order valence-electron chi connectivity index (χ0n) is 11.9. The summed E-state index contributed by atoms with van der Waals surface area (Å²) >= 11 is 0.